The molecule has 0 radical (unpaired) electrons. The van der Waals surface area contributed by atoms with Gasteiger partial charge in [0.05, 0.1) is 0 Å². The van der Waals surface area contributed by atoms with Crippen LogP contribution in [-0.4, -0.2) is 0 Å². The van der Waals surface area contributed by atoms with E-state index in [1.165, 1.54) is 11.1 Å². The number of halogens is 2. The molecule has 1 aromatic carbocycles. The Morgan fingerprint density at radius 1 is 1.33 bits per heavy atom. The van der Waals surface area contributed by atoms with Crippen LogP contribution in [0.4, 0.5) is 0 Å². The average molecular weight is 203 g/mol. The van der Waals surface area contributed by atoms with E-state index in [9.17, 15) is 0 Å². The van der Waals surface area contributed by atoms with Crippen molar-refractivity contribution in [3.05, 3.63) is 34.9 Å². The molecule has 12 heavy (non-hydrogen) atoms. The van der Waals surface area contributed by atoms with Crippen LogP contribution in [0.1, 0.15) is 28.5 Å². The van der Waals surface area contributed by atoms with Crippen molar-refractivity contribution in [2.75, 3.05) is 0 Å². The lowest BCUT2D eigenvalue weighted by molar-refractivity contribution is 1.08. The van der Waals surface area contributed by atoms with Crippen LogP contribution in [0.5, 0.6) is 0 Å². The molecular weight excluding hydrogens is 191 g/mol. The van der Waals surface area contributed by atoms with Gasteiger partial charge in [-0.15, -0.1) is 23.2 Å². The van der Waals surface area contributed by atoms with Gasteiger partial charge in [-0.2, -0.15) is 0 Å². The molecule has 0 heterocycles. The largest absolute Gasteiger partial charge is 0.133 e. The first-order chi connectivity index (χ1) is 5.66. The van der Waals surface area contributed by atoms with Crippen molar-refractivity contribution in [1.82, 2.24) is 0 Å². The molecule has 0 saturated heterocycles. The molecule has 2 heteroatoms. The fourth-order valence-corrected chi connectivity index (χ4v) is 1.80. The van der Waals surface area contributed by atoms with E-state index in [1.54, 1.807) is 0 Å². The van der Waals surface area contributed by atoms with Crippen LogP contribution in [0.3, 0.4) is 0 Å². The van der Waals surface area contributed by atoms with Gasteiger partial charge >= 0.3 is 0 Å². The summed E-state index contributed by atoms with van der Waals surface area (Å²) >= 11 is 11.6. The quantitative estimate of drug-likeness (QED) is 0.636. The summed E-state index contributed by atoms with van der Waals surface area (Å²) < 4.78 is 0. The fraction of sp³-hybridized carbons (Fsp3) is 0.400. The van der Waals surface area contributed by atoms with Gasteiger partial charge in [-0.3, -0.25) is 0 Å². The van der Waals surface area contributed by atoms with Crippen LogP contribution in [0.15, 0.2) is 18.2 Å². The smallest absolute Gasteiger partial charge is 0.100 e. The number of hydrogen-bond donors (Lipinski definition) is 0. The minimum absolute atomic E-state index is 0.406. The second kappa shape index (κ2) is 4.15. The van der Waals surface area contributed by atoms with Crippen molar-refractivity contribution < 1.29 is 0 Å². The van der Waals surface area contributed by atoms with E-state index in [4.69, 9.17) is 23.2 Å². The zero-order chi connectivity index (χ0) is 9.14. The highest BCUT2D eigenvalue weighted by Crippen LogP contribution is 2.29. The lowest BCUT2D eigenvalue weighted by atomic mass is 10.0. The van der Waals surface area contributed by atoms with Gasteiger partial charge in [-0.1, -0.05) is 25.1 Å². The van der Waals surface area contributed by atoms with E-state index < -0.39 is 4.84 Å². The molecule has 0 unspecified atom stereocenters. The van der Waals surface area contributed by atoms with Crippen LogP contribution in [0.2, 0.25) is 0 Å². The molecule has 1 aromatic rings. The summed E-state index contributed by atoms with van der Waals surface area (Å²) in [6, 6.07) is 6.08. The number of aryl methyl sites for hydroxylation is 1. The van der Waals surface area contributed by atoms with E-state index >= 15 is 0 Å². The minimum atomic E-state index is -0.406. The topological polar surface area (TPSA) is 0 Å². The summed E-state index contributed by atoms with van der Waals surface area (Å²) in [5.74, 6) is 0. The maximum absolute atomic E-state index is 5.80. The summed E-state index contributed by atoms with van der Waals surface area (Å²) in [4.78, 5) is -0.406. The molecule has 0 aliphatic rings. The Balaban J connectivity index is 3.14. The molecule has 0 fully saturated rings. The Hall–Kier alpha value is -0.200. The Kier molecular flexibility index (Phi) is 3.42. The van der Waals surface area contributed by atoms with Crippen molar-refractivity contribution in [3.63, 3.8) is 0 Å². The Labute approximate surface area is 83.5 Å². The van der Waals surface area contributed by atoms with Gasteiger partial charge in [0.2, 0.25) is 0 Å². The highest BCUT2D eigenvalue weighted by Gasteiger charge is 2.08. The first-order valence-corrected chi connectivity index (χ1v) is 4.90. The third kappa shape index (κ3) is 1.94. The number of rotatable bonds is 2. The lowest BCUT2D eigenvalue weighted by Crippen LogP contribution is -1.93. The normalized spacial score (nSPS) is 10.8. The van der Waals surface area contributed by atoms with Crippen molar-refractivity contribution in [3.8, 4) is 0 Å². The third-order valence-corrected chi connectivity index (χ3v) is 2.57. The van der Waals surface area contributed by atoms with Gasteiger partial charge in [-0.05, 0) is 30.0 Å². The maximum atomic E-state index is 5.80. The van der Waals surface area contributed by atoms with Crippen LogP contribution >= 0.6 is 23.2 Å². The minimum Gasteiger partial charge on any atom is -0.100 e. The predicted octanol–water partition coefficient (Wildman–Crippen LogP) is 4.03. The molecule has 0 nitrogen and oxygen atoms in total. The van der Waals surface area contributed by atoms with Gasteiger partial charge in [0.15, 0.2) is 0 Å². The summed E-state index contributed by atoms with van der Waals surface area (Å²) in [5.41, 5.74) is 3.56. The standard InChI is InChI=1S/C10H12Cl2/c1-3-8-5-4-6-9(7(8)2)10(11)12/h4-6,10H,3H2,1-2H3. The van der Waals surface area contributed by atoms with Crippen molar-refractivity contribution in [2.45, 2.75) is 25.1 Å². The molecule has 0 aromatic heterocycles. The second-order valence-corrected chi connectivity index (χ2v) is 3.88. The molecule has 0 amide bonds. The van der Waals surface area contributed by atoms with Gasteiger partial charge in [0.25, 0.3) is 0 Å². The average Bonchev–Trinajstić information content (AvgIpc) is 2.04. The lowest BCUT2D eigenvalue weighted by Gasteiger charge is -2.09. The van der Waals surface area contributed by atoms with Gasteiger partial charge < -0.3 is 0 Å². The van der Waals surface area contributed by atoms with Crippen LogP contribution in [-0.2, 0) is 6.42 Å². The maximum Gasteiger partial charge on any atom is 0.133 e. The van der Waals surface area contributed by atoms with Gasteiger partial charge in [0.1, 0.15) is 4.84 Å². The number of benzene rings is 1. The van der Waals surface area contributed by atoms with E-state index in [1.807, 2.05) is 12.1 Å². The van der Waals surface area contributed by atoms with Gasteiger partial charge in [0, 0.05) is 0 Å². The van der Waals surface area contributed by atoms with Crippen molar-refractivity contribution in [2.24, 2.45) is 0 Å². The first-order valence-electron chi connectivity index (χ1n) is 4.03. The highest BCUT2D eigenvalue weighted by molar-refractivity contribution is 6.44. The van der Waals surface area contributed by atoms with E-state index in [0.717, 1.165) is 12.0 Å². The molecule has 0 spiro atoms. The molecule has 66 valence electrons. The first kappa shape index (κ1) is 9.88. The summed E-state index contributed by atoms with van der Waals surface area (Å²) in [7, 11) is 0. The number of alkyl halides is 2. The molecule has 0 aliphatic carbocycles. The SMILES string of the molecule is CCc1cccc(C(Cl)Cl)c1C. The molecule has 1 rings (SSSR count). The molecule has 0 N–H and O–H groups in total. The van der Waals surface area contributed by atoms with E-state index in [2.05, 4.69) is 19.9 Å². The third-order valence-electron chi connectivity index (χ3n) is 2.10. The molecule has 0 saturated carbocycles. The van der Waals surface area contributed by atoms with E-state index in [0.29, 0.717) is 0 Å². The Morgan fingerprint density at radius 3 is 2.50 bits per heavy atom. The van der Waals surface area contributed by atoms with Crippen LogP contribution in [0, 0.1) is 6.92 Å². The van der Waals surface area contributed by atoms with Gasteiger partial charge in [-0.25, -0.2) is 0 Å². The molecular formula is C10H12Cl2. The molecule has 0 atom stereocenters. The summed E-state index contributed by atoms with van der Waals surface area (Å²) in [5, 5.41) is 0. The monoisotopic (exact) mass is 202 g/mol. The summed E-state index contributed by atoms with van der Waals surface area (Å²) in [6.07, 6.45) is 1.03. The molecule has 0 bridgehead atoms. The second-order valence-electron chi connectivity index (χ2n) is 2.79. The Bertz CT molecular complexity index is 267. The Morgan fingerprint density at radius 2 is 2.00 bits per heavy atom. The zero-order valence-corrected chi connectivity index (χ0v) is 8.78. The summed E-state index contributed by atoms with van der Waals surface area (Å²) in [6.45, 7) is 4.19. The van der Waals surface area contributed by atoms with Crippen molar-refractivity contribution in [1.29, 1.82) is 0 Å². The van der Waals surface area contributed by atoms with Crippen LogP contribution < -0.4 is 0 Å². The fourth-order valence-electron chi connectivity index (χ4n) is 1.32. The van der Waals surface area contributed by atoms with E-state index in [-0.39, 0.29) is 0 Å². The van der Waals surface area contributed by atoms with Crippen molar-refractivity contribution >= 4 is 23.2 Å². The predicted molar refractivity (Wildman–Crippen MR) is 55.0 cm³/mol. The van der Waals surface area contributed by atoms with Crippen LogP contribution in [0.25, 0.3) is 0 Å². The number of hydrogen-bond acceptors (Lipinski definition) is 0. The highest BCUT2D eigenvalue weighted by atomic mass is 35.5. The molecule has 0 aliphatic heterocycles. The zero-order valence-electron chi connectivity index (χ0n) is 7.27.